The van der Waals surface area contributed by atoms with Crippen LogP contribution >= 0.6 is 11.8 Å². The lowest BCUT2D eigenvalue weighted by Crippen LogP contribution is -2.22. The second kappa shape index (κ2) is 5.74. The Morgan fingerprint density at radius 2 is 2.44 bits per heavy atom. The van der Waals surface area contributed by atoms with Gasteiger partial charge >= 0.3 is 5.69 Å². The SMILES string of the molecule is CCCn1c(SCC(C)C(=N)N)n[nH]c1=O. The molecule has 1 aromatic rings. The lowest BCUT2D eigenvalue weighted by molar-refractivity contribution is 0.603. The Morgan fingerprint density at radius 3 is 3.00 bits per heavy atom. The Balaban J connectivity index is 2.67. The van der Waals surface area contributed by atoms with E-state index in [1.807, 2.05) is 13.8 Å². The van der Waals surface area contributed by atoms with E-state index >= 15 is 0 Å². The van der Waals surface area contributed by atoms with Gasteiger partial charge in [-0.2, -0.15) is 0 Å². The molecule has 4 N–H and O–H groups in total. The van der Waals surface area contributed by atoms with Gasteiger partial charge in [-0.05, 0) is 6.42 Å². The average molecular weight is 243 g/mol. The maximum absolute atomic E-state index is 11.4. The number of nitrogens with two attached hydrogens (primary N) is 1. The molecule has 1 heterocycles. The second-order valence-corrected chi connectivity index (χ2v) is 4.62. The first kappa shape index (κ1) is 12.8. The molecule has 0 aromatic carbocycles. The molecule has 6 nitrogen and oxygen atoms in total. The van der Waals surface area contributed by atoms with Crippen LogP contribution in [0.15, 0.2) is 9.95 Å². The topological polar surface area (TPSA) is 101 Å². The molecule has 0 amide bonds. The number of aromatic amines is 1. The van der Waals surface area contributed by atoms with Crippen LogP contribution in [0.3, 0.4) is 0 Å². The van der Waals surface area contributed by atoms with Crippen LogP contribution in [0, 0.1) is 11.3 Å². The highest BCUT2D eigenvalue weighted by Gasteiger charge is 2.11. The van der Waals surface area contributed by atoms with Crippen LogP contribution in [0.4, 0.5) is 0 Å². The van der Waals surface area contributed by atoms with Gasteiger partial charge in [-0.3, -0.25) is 9.98 Å². The van der Waals surface area contributed by atoms with E-state index in [9.17, 15) is 4.79 Å². The summed E-state index contributed by atoms with van der Waals surface area (Å²) >= 11 is 1.44. The van der Waals surface area contributed by atoms with Crippen LogP contribution in [0.5, 0.6) is 0 Å². The maximum Gasteiger partial charge on any atom is 0.343 e. The van der Waals surface area contributed by atoms with Gasteiger partial charge in [0.1, 0.15) is 0 Å². The molecule has 90 valence electrons. The minimum atomic E-state index is -0.181. The molecule has 1 aromatic heterocycles. The van der Waals surface area contributed by atoms with Crippen molar-refractivity contribution in [3.05, 3.63) is 10.5 Å². The van der Waals surface area contributed by atoms with Crippen molar-refractivity contribution in [3.8, 4) is 0 Å². The third-order valence-corrected chi connectivity index (χ3v) is 3.40. The standard InChI is InChI=1S/C9H17N5OS/c1-3-4-14-8(15)12-13-9(14)16-5-6(2)7(10)11/h6H,3-5H2,1-2H3,(H3,10,11)(H,12,15). The third kappa shape index (κ3) is 3.13. The molecule has 0 aliphatic rings. The van der Waals surface area contributed by atoms with Gasteiger partial charge in [0.25, 0.3) is 0 Å². The molecule has 0 radical (unpaired) electrons. The summed E-state index contributed by atoms with van der Waals surface area (Å²) in [5, 5.41) is 14.3. The molecule has 0 aliphatic carbocycles. The second-order valence-electron chi connectivity index (χ2n) is 3.63. The maximum atomic E-state index is 11.4. The first-order valence-corrected chi connectivity index (χ1v) is 6.16. The van der Waals surface area contributed by atoms with Gasteiger partial charge in [0.05, 0.1) is 5.84 Å². The van der Waals surface area contributed by atoms with Crippen molar-refractivity contribution in [2.24, 2.45) is 11.7 Å². The Morgan fingerprint density at radius 1 is 1.75 bits per heavy atom. The number of thioether (sulfide) groups is 1. The van der Waals surface area contributed by atoms with Gasteiger partial charge in [-0.1, -0.05) is 25.6 Å². The van der Waals surface area contributed by atoms with E-state index < -0.39 is 0 Å². The summed E-state index contributed by atoms with van der Waals surface area (Å²) in [6.45, 7) is 4.54. The van der Waals surface area contributed by atoms with Crippen LogP contribution in [0.25, 0.3) is 0 Å². The summed E-state index contributed by atoms with van der Waals surface area (Å²) in [5.74, 6) is 0.808. The highest BCUT2D eigenvalue weighted by Crippen LogP contribution is 2.17. The fourth-order valence-electron chi connectivity index (χ4n) is 1.12. The predicted molar refractivity (Wildman–Crippen MR) is 64.9 cm³/mol. The molecule has 0 bridgehead atoms. The van der Waals surface area contributed by atoms with Crippen molar-refractivity contribution in [1.82, 2.24) is 14.8 Å². The highest BCUT2D eigenvalue weighted by molar-refractivity contribution is 7.99. The molecule has 7 heteroatoms. The minimum Gasteiger partial charge on any atom is -0.387 e. The number of hydrogen-bond donors (Lipinski definition) is 3. The summed E-state index contributed by atoms with van der Waals surface area (Å²) < 4.78 is 1.61. The van der Waals surface area contributed by atoms with Gasteiger partial charge in [0.2, 0.25) is 0 Å². The Hall–Kier alpha value is -1.24. The van der Waals surface area contributed by atoms with Crippen molar-refractivity contribution in [3.63, 3.8) is 0 Å². The molecule has 16 heavy (non-hydrogen) atoms. The Labute approximate surface area is 98.1 Å². The zero-order valence-electron chi connectivity index (χ0n) is 9.49. The number of amidine groups is 1. The van der Waals surface area contributed by atoms with E-state index in [1.165, 1.54) is 11.8 Å². The minimum absolute atomic E-state index is 0.00752. The van der Waals surface area contributed by atoms with Crippen LogP contribution in [0.1, 0.15) is 20.3 Å². The molecule has 1 unspecified atom stereocenters. The highest BCUT2D eigenvalue weighted by atomic mass is 32.2. The number of hydrogen-bond acceptors (Lipinski definition) is 4. The van der Waals surface area contributed by atoms with Crippen molar-refractivity contribution in [1.29, 1.82) is 5.41 Å². The molecular formula is C9H17N5OS. The van der Waals surface area contributed by atoms with E-state index in [1.54, 1.807) is 4.57 Å². The first-order valence-electron chi connectivity index (χ1n) is 5.18. The Kier molecular flexibility index (Phi) is 4.60. The molecule has 1 atom stereocenters. The van der Waals surface area contributed by atoms with E-state index in [0.717, 1.165) is 6.42 Å². The summed E-state index contributed by atoms with van der Waals surface area (Å²) in [5.41, 5.74) is 5.19. The molecule has 0 saturated heterocycles. The molecular weight excluding hydrogens is 226 g/mol. The third-order valence-electron chi connectivity index (χ3n) is 2.16. The molecule has 0 saturated carbocycles. The van der Waals surface area contributed by atoms with E-state index in [4.69, 9.17) is 11.1 Å². The number of H-pyrrole nitrogens is 1. The summed E-state index contributed by atoms with van der Waals surface area (Å²) in [4.78, 5) is 11.4. The lowest BCUT2D eigenvalue weighted by Gasteiger charge is -2.08. The van der Waals surface area contributed by atoms with Gasteiger partial charge < -0.3 is 5.73 Å². The fraction of sp³-hybridized carbons (Fsp3) is 0.667. The molecule has 0 fully saturated rings. The van der Waals surface area contributed by atoms with E-state index in [2.05, 4.69) is 10.2 Å². The normalized spacial score (nSPS) is 12.6. The van der Waals surface area contributed by atoms with Crippen molar-refractivity contribution in [2.45, 2.75) is 32.0 Å². The van der Waals surface area contributed by atoms with Crippen LogP contribution < -0.4 is 11.4 Å². The average Bonchev–Trinajstić information content (AvgIpc) is 2.58. The summed E-state index contributed by atoms with van der Waals surface area (Å²) in [6.07, 6.45) is 0.884. The van der Waals surface area contributed by atoms with Gasteiger partial charge in [0, 0.05) is 18.2 Å². The van der Waals surface area contributed by atoms with Gasteiger partial charge in [-0.15, -0.1) is 5.10 Å². The molecule has 0 spiro atoms. The molecule has 0 aliphatic heterocycles. The smallest absolute Gasteiger partial charge is 0.343 e. The van der Waals surface area contributed by atoms with Crippen LogP contribution in [-0.2, 0) is 6.54 Å². The number of aromatic nitrogens is 3. The summed E-state index contributed by atoms with van der Waals surface area (Å²) in [7, 11) is 0. The first-order chi connectivity index (χ1) is 7.56. The van der Waals surface area contributed by atoms with E-state index in [0.29, 0.717) is 17.5 Å². The molecule has 1 rings (SSSR count). The van der Waals surface area contributed by atoms with Gasteiger partial charge in [-0.25, -0.2) is 9.89 Å². The van der Waals surface area contributed by atoms with Crippen LogP contribution in [0.2, 0.25) is 0 Å². The van der Waals surface area contributed by atoms with E-state index in [-0.39, 0.29) is 17.4 Å². The Bertz CT molecular complexity index is 410. The van der Waals surface area contributed by atoms with Crippen molar-refractivity contribution >= 4 is 17.6 Å². The lowest BCUT2D eigenvalue weighted by atomic mass is 10.2. The zero-order chi connectivity index (χ0) is 12.1. The fourth-order valence-corrected chi connectivity index (χ4v) is 2.14. The number of nitrogens with one attached hydrogen (secondary N) is 2. The number of nitrogens with zero attached hydrogens (tertiary/aromatic N) is 2. The predicted octanol–water partition coefficient (Wildman–Crippen LogP) is 0.646. The van der Waals surface area contributed by atoms with Crippen molar-refractivity contribution in [2.75, 3.05) is 5.75 Å². The monoisotopic (exact) mass is 243 g/mol. The quantitative estimate of drug-likeness (QED) is 0.388. The summed E-state index contributed by atoms with van der Waals surface area (Å²) in [6, 6.07) is 0. The largest absolute Gasteiger partial charge is 0.387 e. The zero-order valence-corrected chi connectivity index (χ0v) is 10.3. The number of rotatable bonds is 6. The van der Waals surface area contributed by atoms with Crippen LogP contribution in [-0.4, -0.2) is 26.4 Å². The van der Waals surface area contributed by atoms with Gasteiger partial charge in [0.15, 0.2) is 5.16 Å². The van der Waals surface area contributed by atoms with Crippen molar-refractivity contribution < 1.29 is 0 Å².